The van der Waals surface area contributed by atoms with Crippen molar-refractivity contribution in [2.75, 3.05) is 19.1 Å². The molecule has 0 aromatic heterocycles. The highest BCUT2D eigenvalue weighted by Crippen LogP contribution is 2.56. The number of ether oxygens (including phenoxy) is 2. The Labute approximate surface area is 247 Å². The number of amides is 2. The monoisotopic (exact) mass is 634 g/mol. The van der Waals surface area contributed by atoms with Crippen LogP contribution in [-0.2, 0) is 19.2 Å². The lowest BCUT2D eigenvalue weighted by atomic mass is 9.59. The predicted molar refractivity (Wildman–Crippen MR) is 151 cm³/mol. The molecular formula is C30H23BrN2O9. The molecule has 214 valence electrons. The number of phenols is 1. The van der Waals surface area contributed by atoms with Crippen LogP contribution in [0.5, 0.6) is 17.2 Å². The number of nitro benzene ring substituents is 1. The number of methoxy groups -OCH3 is 2. The number of Topliss-reactive ketones (excluding diaryl/α,β-unsaturated/α-hetero) is 1. The van der Waals surface area contributed by atoms with Crippen molar-refractivity contribution in [2.24, 2.45) is 17.8 Å². The van der Waals surface area contributed by atoms with E-state index in [-0.39, 0.29) is 68.7 Å². The molecule has 12 heteroatoms. The number of carbonyl (C=O) groups is 4. The highest BCUT2D eigenvalue weighted by Gasteiger charge is 2.56. The number of hydrogen-bond acceptors (Lipinski definition) is 9. The molecule has 42 heavy (non-hydrogen) atoms. The van der Waals surface area contributed by atoms with Crippen molar-refractivity contribution < 1.29 is 38.7 Å². The number of benzene rings is 2. The zero-order chi connectivity index (χ0) is 30.0. The molecule has 4 aliphatic rings. The fourth-order valence-electron chi connectivity index (χ4n) is 6.64. The van der Waals surface area contributed by atoms with Gasteiger partial charge in [-0.25, -0.2) is 0 Å². The van der Waals surface area contributed by atoms with Crippen LogP contribution in [0.25, 0.3) is 0 Å². The highest BCUT2D eigenvalue weighted by molar-refractivity contribution is 9.12. The number of hydrogen-bond donors (Lipinski definition) is 1. The molecule has 2 aromatic rings. The molecule has 0 unspecified atom stereocenters. The molecule has 1 aliphatic heterocycles. The Morgan fingerprint density at radius 3 is 2.24 bits per heavy atom. The average Bonchev–Trinajstić information content (AvgIpc) is 3.24. The Kier molecular flexibility index (Phi) is 6.60. The van der Waals surface area contributed by atoms with Crippen molar-refractivity contribution in [3.63, 3.8) is 0 Å². The lowest BCUT2D eigenvalue weighted by molar-refractivity contribution is -0.384. The van der Waals surface area contributed by atoms with E-state index in [1.807, 2.05) is 6.08 Å². The molecule has 1 fully saturated rings. The number of carbonyl (C=O) groups excluding carboxylic acids is 4. The second-order valence-corrected chi connectivity index (χ2v) is 11.3. The number of imide groups is 1. The Morgan fingerprint density at radius 2 is 1.64 bits per heavy atom. The van der Waals surface area contributed by atoms with E-state index in [1.165, 1.54) is 44.6 Å². The number of aromatic hydroxyl groups is 1. The fraction of sp³-hybridized carbons (Fsp3) is 0.267. The number of nitrogens with zero attached hydrogens (tertiary/aromatic N) is 2. The van der Waals surface area contributed by atoms with E-state index in [9.17, 15) is 34.4 Å². The van der Waals surface area contributed by atoms with Crippen LogP contribution in [0, 0.1) is 27.9 Å². The van der Waals surface area contributed by atoms with Gasteiger partial charge in [0.2, 0.25) is 17.6 Å². The van der Waals surface area contributed by atoms with E-state index in [0.717, 1.165) is 4.90 Å². The minimum absolute atomic E-state index is 0.0752. The van der Waals surface area contributed by atoms with E-state index >= 15 is 0 Å². The molecule has 6 rings (SSSR count). The van der Waals surface area contributed by atoms with Crippen LogP contribution >= 0.6 is 15.9 Å². The molecule has 2 aromatic carbocycles. The first-order valence-electron chi connectivity index (χ1n) is 13.0. The number of rotatable bonds is 5. The van der Waals surface area contributed by atoms with Gasteiger partial charge in [0.15, 0.2) is 23.1 Å². The first-order chi connectivity index (χ1) is 20.1. The maximum atomic E-state index is 14.0. The topological polar surface area (TPSA) is 153 Å². The van der Waals surface area contributed by atoms with Crippen LogP contribution < -0.4 is 14.4 Å². The molecule has 1 heterocycles. The van der Waals surface area contributed by atoms with E-state index in [4.69, 9.17) is 9.47 Å². The number of phenolic OH excluding ortho intramolecular Hbond substituents is 1. The average molecular weight is 635 g/mol. The maximum absolute atomic E-state index is 14.0. The SMILES string of the molecule is COc1cc([C@H]2C3=CC[C@@H]4C(=O)N(c5ccc([N+](=O)[O-])cc5)C(=O)[C@@H]4[C@@H]3CC3=C2C(=O)C=C(Br)C3=O)cc(OC)c1O. The van der Waals surface area contributed by atoms with Crippen LogP contribution in [0.1, 0.15) is 24.3 Å². The molecule has 0 radical (unpaired) electrons. The Bertz CT molecular complexity index is 1680. The zero-order valence-corrected chi connectivity index (χ0v) is 23.9. The van der Waals surface area contributed by atoms with Crippen molar-refractivity contribution in [2.45, 2.75) is 18.8 Å². The highest BCUT2D eigenvalue weighted by atomic mass is 79.9. The molecule has 1 N–H and O–H groups in total. The van der Waals surface area contributed by atoms with Crippen molar-refractivity contribution in [3.05, 3.63) is 85.4 Å². The Hall–Kier alpha value is -4.58. The molecule has 3 aliphatic carbocycles. The van der Waals surface area contributed by atoms with E-state index in [2.05, 4.69) is 15.9 Å². The molecule has 0 saturated carbocycles. The van der Waals surface area contributed by atoms with Crippen molar-refractivity contribution in [1.82, 2.24) is 0 Å². The summed E-state index contributed by atoms with van der Waals surface area (Å²) in [5.41, 5.74) is 1.79. The van der Waals surface area contributed by atoms with Gasteiger partial charge in [0, 0.05) is 35.3 Å². The molecule has 0 spiro atoms. The third-order valence-corrected chi connectivity index (χ3v) is 9.07. The van der Waals surface area contributed by atoms with Gasteiger partial charge in [-0.1, -0.05) is 11.6 Å². The van der Waals surface area contributed by atoms with E-state index in [0.29, 0.717) is 11.1 Å². The van der Waals surface area contributed by atoms with Crippen LogP contribution in [-0.4, -0.2) is 47.6 Å². The molecule has 2 amide bonds. The lowest BCUT2D eigenvalue weighted by Crippen LogP contribution is -2.39. The van der Waals surface area contributed by atoms with Gasteiger partial charge in [-0.05, 0) is 64.5 Å². The van der Waals surface area contributed by atoms with Crippen molar-refractivity contribution in [3.8, 4) is 17.2 Å². The minimum Gasteiger partial charge on any atom is -0.502 e. The summed E-state index contributed by atoms with van der Waals surface area (Å²) < 4.78 is 10.8. The van der Waals surface area contributed by atoms with Crippen LogP contribution in [0.2, 0.25) is 0 Å². The summed E-state index contributed by atoms with van der Waals surface area (Å²) >= 11 is 3.20. The van der Waals surface area contributed by atoms with E-state index in [1.54, 1.807) is 12.1 Å². The molecule has 0 bridgehead atoms. The maximum Gasteiger partial charge on any atom is 0.269 e. The summed E-state index contributed by atoms with van der Waals surface area (Å²) in [6.45, 7) is 0. The number of nitro groups is 1. The third kappa shape index (κ3) is 4.00. The van der Waals surface area contributed by atoms with Gasteiger partial charge in [-0.3, -0.25) is 34.2 Å². The Morgan fingerprint density at radius 1 is 1.00 bits per heavy atom. The number of non-ortho nitro benzene ring substituents is 1. The second kappa shape index (κ2) is 10.1. The number of fused-ring (bicyclic) bond motifs is 3. The number of allylic oxidation sites excluding steroid dienone is 6. The molecule has 11 nitrogen and oxygen atoms in total. The van der Waals surface area contributed by atoms with Gasteiger partial charge in [0.25, 0.3) is 5.69 Å². The quantitative estimate of drug-likeness (QED) is 0.167. The Balaban J connectivity index is 1.48. The molecule has 1 saturated heterocycles. The third-order valence-electron chi connectivity index (χ3n) is 8.49. The summed E-state index contributed by atoms with van der Waals surface area (Å²) in [4.78, 5) is 66.0. The smallest absolute Gasteiger partial charge is 0.269 e. The summed E-state index contributed by atoms with van der Waals surface area (Å²) in [6, 6.07) is 8.33. The largest absolute Gasteiger partial charge is 0.502 e. The minimum atomic E-state index is -0.822. The van der Waals surface area contributed by atoms with Gasteiger partial charge in [-0.15, -0.1) is 0 Å². The number of anilines is 1. The zero-order valence-electron chi connectivity index (χ0n) is 22.3. The van der Waals surface area contributed by atoms with Gasteiger partial charge in [0.05, 0.1) is 41.1 Å². The van der Waals surface area contributed by atoms with Gasteiger partial charge in [0.1, 0.15) is 0 Å². The summed E-state index contributed by atoms with van der Waals surface area (Å²) in [5, 5.41) is 21.7. The standard InChI is InChI=1S/C30H23BrN2O9/c1-41-22-9-13(10-23(42-2)28(22)36)24-16-7-8-17-25(18(16)11-19-26(24)21(34)12-20(31)27(19)35)30(38)32(29(17)37)14-3-5-15(6-4-14)33(39)40/h3-7,9-10,12,17-18,24-25,36H,8,11H2,1-2H3/t17-,18+,24-,25-/m0/s1. The summed E-state index contributed by atoms with van der Waals surface area (Å²) in [5.74, 6) is -4.55. The number of halogens is 1. The van der Waals surface area contributed by atoms with Gasteiger partial charge < -0.3 is 14.6 Å². The fourth-order valence-corrected chi connectivity index (χ4v) is 7.09. The van der Waals surface area contributed by atoms with Gasteiger partial charge in [-0.2, -0.15) is 0 Å². The van der Waals surface area contributed by atoms with Crippen LogP contribution in [0.3, 0.4) is 0 Å². The normalized spacial score (nSPS) is 25.0. The van der Waals surface area contributed by atoms with Crippen molar-refractivity contribution in [1.29, 1.82) is 0 Å². The van der Waals surface area contributed by atoms with E-state index < -0.39 is 40.4 Å². The van der Waals surface area contributed by atoms with Crippen LogP contribution in [0.15, 0.2) is 69.8 Å². The predicted octanol–water partition coefficient (Wildman–Crippen LogP) is 4.28. The van der Waals surface area contributed by atoms with Crippen molar-refractivity contribution >= 4 is 50.7 Å². The molecular weight excluding hydrogens is 612 g/mol. The molecule has 4 atom stereocenters. The summed E-state index contributed by atoms with van der Waals surface area (Å²) in [7, 11) is 2.75. The summed E-state index contributed by atoms with van der Waals surface area (Å²) in [6.07, 6.45) is 3.39. The number of ketones is 2. The second-order valence-electron chi connectivity index (χ2n) is 10.5. The first kappa shape index (κ1) is 27.6. The first-order valence-corrected chi connectivity index (χ1v) is 13.8. The lowest BCUT2D eigenvalue weighted by Gasteiger charge is -2.42. The van der Waals surface area contributed by atoms with Crippen LogP contribution in [0.4, 0.5) is 11.4 Å². The van der Waals surface area contributed by atoms with Gasteiger partial charge >= 0.3 is 0 Å².